The molecule has 0 aromatic carbocycles. The molecule has 0 aromatic heterocycles. The molecule has 0 aromatic rings. The first-order valence-electron chi connectivity index (χ1n) is 6.70. The van der Waals surface area contributed by atoms with E-state index in [1.54, 1.807) is 0 Å². The molecule has 4 fully saturated rings. The molecule has 0 aliphatic heterocycles. The Bertz CT molecular complexity index is 370. The van der Waals surface area contributed by atoms with Crippen molar-refractivity contribution in [2.24, 2.45) is 22.7 Å². The Kier molecular flexibility index (Phi) is 1.98. The lowest BCUT2D eigenvalue weighted by molar-refractivity contribution is -0.162. The number of hydrogen-bond acceptors (Lipinski definition) is 1. The van der Waals surface area contributed by atoms with Crippen molar-refractivity contribution in [1.29, 1.82) is 0 Å². The number of ketones is 1. The van der Waals surface area contributed by atoms with E-state index in [1.807, 2.05) is 0 Å². The van der Waals surface area contributed by atoms with E-state index in [0.29, 0.717) is 17.6 Å². The van der Waals surface area contributed by atoms with Crippen molar-refractivity contribution in [3.05, 3.63) is 12.2 Å². The second-order valence-corrected chi connectivity index (χ2v) is 6.64. The van der Waals surface area contributed by atoms with Crippen molar-refractivity contribution in [2.45, 2.75) is 52.4 Å². The standard InChI is InChI=1S/C15H22O/c1-10-8-15-7-6-12(10)9-14(15,3)11(2)4-5-13(15)16/h11-12H,1,4-9H2,2-3H3/t11-,12-,14+,15-/m1/s1. The molecular weight excluding hydrogens is 196 g/mol. The maximum atomic E-state index is 12.5. The number of rotatable bonds is 0. The molecule has 4 atom stereocenters. The first-order chi connectivity index (χ1) is 7.49. The van der Waals surface area contributed by atoms with Gasteiger partial charge in [-0.15, -0.1) is 0 Å². The lowest BCUT2D eigenvalue weighted by Gasteiger charge is -2.63. The van der Waals surface area contributed by atoms with E-state index in [4.69, 9.17) is 0 Å². The van der Waals surface area contributed by atoms with Crippen molar-refractivity contribution in [3.8, 4) is 0 Å². The Hall–Kier alpha value is -0.590. The SMILES string of the molecule is C=C1C[C@@]23CC[C@@H]1C[C@@]2(C)[C@H](C)CCC3=O. The molecular formula is C15H22O. The van der Waals surface area contributed by atoms with Gasteiger partial charge in [0.1, 0.15) is 5.78 Å². The van der Waals surface area contributed by atoms with Crippen molar-refractivity contribution < 1.29 is 4.79 Å². The summed E-state index contributed by atoms with van der Waals surface area (Å²) in [5.74, 6) is 1.97. The van der Waals surface area contributed by atoms with E-state index in [0.717, 1.165) is 25.7 Å². The molecule has 1 nitrogen and oxygen atoms in total. The summed E-state index contributed by atoms with van der Waals surface area (Å²) in [7, 11) is 0. The van der Waals surface area contributed by atoms with Gasteiger partial charge >= 0.3 is 0 Å². The van der Waals surface area contributed by atoms with Crippen molar-refractivity contribution >= 4 is 5.78 Å². The minimum Gasteiger partial charge on any atom is -0.299 e. The van der Waals surface area contributed by atoms with Gasteiger partial charge in [0.2, 0.25) is 0 Å². The first-order valence-corrected chi connectivity index (χ1v) is 6.70. The van der Waals surface area contributed by atoms with Gasteiger partial charge in [0, 0.05) is 11.8 Å². The molecule has 88 valence electrons. The molecule has 1 spiro atoms. The Balaban J connectivity index is 2.11. The molecule has 4 aliphatic rings. The fourth-order valence-corrected chi connectivity index (χ4v) is 4.82. The molecule has 0 unspecified atom stereocenters. The second-order valence-electron chi connectivity index (χ2n) is 6.64. The average molecular weight is 218 g/mol. The van der Waals surface area contributed by atoms with Crippen LogP contribution in [0.15, 0.2) is 12.2 Å². The summed E-state index contributed by atoms with van der Waals surface area (Å²) in [5.41, 5.74) is 1.62. The molecule has 0 radical (unpaired) electrons. The van der Waals surface area contributed by atoms with Gasteiger partial charge in [-0.3, -0.25) is 4.79 Å². The second kappa shape index (κ2) is 3.00. The van der Waals surface area contributed by atoms with Crippen LogP contribution < -0.4 is 0 Å². The molecule has 1 heteroatoms. The van der Waals surface area contributed by atoms with Crippen LogP contribution in [0.1, 0.15) is 52.4 Å². The number of allylic oxidation sites excluding steroid dienone is 1. The summed E-state index contributed by atoms with van der Waals surface area (Å²) >= 11 is 0. The van der Waals surface area contributed by atoms with Crippen molar-refractivity contribution in [3.63, 3.8) is 0 Å². The van der Waals surface area contributed by atoms with Gasteiger partial charge in [-0.05, 0) is 49.4 Å². The van der Waals surface area contributed by atoms with E-state index >= 15 is 0 Å². The molecule has 0 saturated heterocycles. The quantitative estimate of drug-likeness (QED) is 0.566. The fourth-order valence-electron chi connectivity index (χ4n) is 4.82. The topological polar surface area (TPSA) is 17.1 Å². The third kappa shape index (κ3) is 1.00. The Morgan fingerprint density at radius 1 is 1.38 bits per heavy atom. The van der Waals surface area contributed by atoms with Gasteiger partial charge < -0.3 is 0 Å². The Labute approximate surface area is 98.3 Å². The van der Waals surface area contributed by atoms with Crippen LogP contribution in [0.2, 0.25) is 0 Å². The predicted molar refractivity (Wildman–Crippen MR) is 65.0 cm³/mol. The van der Waals surface area contributed by atoms with Crippen LogP contribution in [0.3, 0.4) is 0 Å². The smallest absolute Gasteiger partial charge is 0.139 e. The third-order valence-electron chi connectivity index (χ3n) is 6.22. The number of hydrogen-bond donors (Lipinski definition) is 0. The minimum atomic E-state index is -0.0174. The zero-order chi connectivity index (χ0) is 11.6. The van der Waals surface area contributed by atoms with Crippen LogP contribution in [0, 0.1) is 22.7 Å². The van der Waals surface area contributed by atoms with Gasteiger partial charge in [-0.25, -0.2) is 0 Å². The van der Waals surface area contributed by atoms with Gasteiger partial charge in [-0.1, -0.05) is 26.0 Å². The van der Waals surface area contributed by atoms with Crippen LogP contribution in [-0.4, -0.2) is 5.78 Å². The van der Waals surface area contributed by atoms with Crippen LogP contribution in [-0.2, 0) is 4.79 Å². The fraction of sp³-hybridized carbons (Fsp3) is 0.800. The molecule has 0 N–H and O–H groups in total. The zero-order valence-corrected chi connectivity index (χ0v) is 10.5. The Morgan fingerprint density at radius 3 is 2.81 bits per heavy atom. The number of Topliss-reactive ketones (excluding diaryl/α,β-unsaturated/α-hetero) is 1. The number of carbonyl (C=O) groups is 1. The van der Waals surface area contributed by atoms with E-state index in [-0.39, 0.29) is 10.8 Å². The van der Waals surface area contributed by atoms with Gasteiger partial charge in [-0.2, -0.15) is 0 Å². The summed E-state index contributed by atoms with van der Waals surface area (Å²) in [5, 5.41) is 0. The number of carbonyl (C=O) groups excluding carboxylic acids is 1. The Morgan fingerprint density at radius 2 is 2.12 bits per heavy atom. The van der Waals surface area contributed by atoms with Crippen LogP contribution in [0.4, 0.5) is 0 Å². The van der Waals surface area contributed by atoms with Gasteiger partial charge in [0.05, 0.1) is 0 Å². The van der Waals surface area contributed by atoms with Gasteiger partial charge in [0.25, 0.3) is 0 Å². The molecule has 4 rings (SSSR count). The summed E-state index contributed by atoms with van der Waals surface area (Å²) in [6.45, 7) is 8.96. The zero-order valence-electron chi connectivity index (χ0n) is 10.5. The van der Waals surface area contributed by atoms with Crippen molar-refractivity contribution in [2.75, 3.05) is 0 Å². The average Bonchev–Trinajstić information content (AvgIpc) is 2.26. The van der Waals surface area contributed by atoms with E-state index in [2.05, 4.69) is 20.4 Å². The molecule has 4 saturated carbocycles. The van der Waals surface area contributed by atoms with Crippen molar-refractivity contribution in [1.82, 2.24) is 0 Å². The highest BCUT2D eigenvalue weighted by molar-refractivity contribution is 5.87. The molecule has 2 bridgehead atoms. The van der Waals surface area contributed by atoms with Crippen LogP contribution >= 0.6 is 0 Å². The largest absolute Gasteiger partial charge is 0.299 e. The monoisotopic (exact) mass is 218 g/mol. The predicted octanol–water partition coefficient (Wildman–Crippen LogP) is 3.74. The van der Waals surface area contributed by atoms with E-state index < -0.39 is 0 Å². The molecule has 4 aliphatic carbocycles. The minimum absolute atomic E-state index is 0.0174. The van der Waals surface area contributed by atoms with Crippen LogP contribution in [0.5, 0.6) is 0 Å². The number of fused-ring (bicyclic) bond motifs is 2. The first kappa shape index (κ1) is 10.6. The highest BCUT2D eigenvalue weighted by Gasteiger charge is 2.63. The molecule has 0 amide bonds. The maximum Gasteiger partial charge on any atom is 0.139 e. The summed E-state index contributed by atoms with van der Waals surface area (Å²) in [6.07, 6.45) is 6.49. The molecule has 16 heavy (non-hydrogen) atoms. The summed E-state index contributed by atoms with van der Waals surface area (Å²) in [4.78, 5) is 12.5. The third-order valence-corrected chi connectivity index (χ3v) is 6.22. The molecule has 0 heterocycles. The normalized spacial score (nSPS) is 51.6. The highest BCUT2D eigenvalue weighted by Crippen LogP contribution is 2.67. The summed E-state index contributed by atoms with van der Waals surface area (Å²) in [6, 6.07) is 0. The van der Waals surface area contributed by atoms with E-state index in [1.165, 1.54) is 18.4 Å². The lowest BCUT2D eigenvalue weighted by Crippen LogP contribution is -2.59. The highest BCUT2D eigenvalue weighted by atomic mass is 16.1. The van der Waals surface area contributed by atoms with E-state index in [9.17, 15) is 4.79 Å². The maximum absolute atomic E-state index is 12.5. The summed E-state index contributed by atoms with van der Waals surface area (Å²) < 4.78 is 0. The van der Waals surface area contributed by atoms with Crippen LogP contribution in [0.25, 0.3) is 0 Å². The lowest BCUT2D eigenvalue weighted by atomic mass is 9.40. The van der Waals surface area contributed by atoms with Gasteiger partial charge in [0.15, 0.2) is 0 Å².